The molecule has 130 valence electrons. The van der Waals surface area contributed by atoms with Crippen LogP contribution in [0.4, 0.5) is 8.78 Å². The van der Waals surface area contributed by atoms with Crippen molar-refractivity contribution < 1.29 is 8.78 Å². The average molecular weight is 334 g/mol. The quantitative estimate of drug-likeness (QED) is 0.882. The molecule has 2 aromatic rings. The number of likely N-dealkylation sites (tertiary alicyclic amines) is 1. The number of benzene rings is 1. The van der Waals surface area contributed by atoms with Crippen molar-refractivity contribution in [1.29, 1.82) is 0 Å². The second-order valence-electron chi connectivity index (χ2n) is 6.46. The van der Waals surface area contributed by atoms with Gasteiger partial charge in [-0.25, -0.2) is 13.5 Å². The molecule has 4 nitrogen and oxygen atoms in total. The molecule has 1 N–H and O–H groups in total. The van der Waals surface area contributed by atoms with Gasteiger partial charge >= 0.3 is 0 Å². The third kappa shape index (κ3) is 4.19. The Morgan fingerprint density at radius 1 is 1.21 bits per heavy atom. The normalized spacial score (nSPS) is 16.6. The Morgan fingerprint density at radius 3 is 2.71 bits per heavy atom. The molecule has 0 spiro atoms. The summed E-state index contributed by atoms with van der Waals surface area (Å²) in [7, 11) is 2.00. The maximum absolute atomic E-state index is 13.8. The highest BCUT2D eigenvalue weighted by atomic mass is 19.1. The largest absolute Gasteiger partial charge is 0.320 e. The first kappa shape index (κ1) is 17.0. The van der Waals surface area contributed by atoms with Crippen LogP contribution in [0.3, 0.4) is 0 Å². The van der Waals surface area contributed by atoms with Gasteiger partial charge in [-0.2, -0.15) is 5.10 Å². The van der Waals surface area contributed by atoms with Crippen LogP contribution in [0.15, 0.2) is 30.5 Å². The molecular formula is C18H24F2N4. The molecule has 0 amide bonds. The van der Waals surface area contributed by atoms with Crippen LogP contribution in [0.2, 0.25) is 0 Å². The van der Waals surface area contributed by atoms with E-state index in [2.05, 4.69) is 15.3 Å². The Kier molecular flexibility index (Phi) is 5.58. The minimum Gasteiger partial charge on any atom is -0.320 e. The standard InChI is InChI=1S/C18H24F2N4/c1-21-8-4-14-5-9-23(10-6-14)13-16-7-11-24(22-16)18-3-2-15(19)12-17(18)20/h2-3,7,11-12,14,21H,4-6,8-10,13H2,1H3. The van der Waals surface area contributed by atoms with Gasteiger partial charge in [0.2, 0.25) is 0 Å². The summed E-state index contributed by atoms with van der Waals surface area (Å²) in [5.41, 5.74) is 1.18. The van der Waals surface area contributed by atoms with E-state index >= 15 is 0 Å². The van der Waals surface area contributed by atoms with Gasteiger partial charge in [0.15, 0.2) is 5.82 Å². The van der Waals surface area contributed by atoms with Crippen molar-refractivity contribution in [3.05, 3.63) is 47.8 Å². The number of piperidine rings is 1. The van der Waals surface area contributed by atoms with E-state index in [-0.39, 0.29) is 5.69 Å². The molecule has 1 aromatic carbocycles. The van der Waals surface area contributed by atoms with E-state index in [4.69, 9.17) is 0 Å². The monoisotopic (exact) mass is 334 g/mol. The molecule has 0 bridgehead atoms. The van der Waals surface area contributed by atoms with Crippen LogP contribution in [0.5, 0.6) is 0 Å². The van der Waals surface area contributed by atoms with Gasteiger partial charge in [0.1, 0.15) is 11.5 Å². The Hall–Kier alpha value is -1.79. The van der Waals surface area contributed by atoms with Crippen molar-refractivity contribution in [2.45, 2.75) is 25.8 Å². The third-order valence-corrected chi connectivity index (χ3v) is 4.70. The Labute approximate surface area is 141 Å². The molecule has 1 saturated heterocycles. The predicted molar refractivity (Wildman–Crippen MR) is 90.0 cm³/mol. The summed E-state index contributed by atoms with van der Waals surface area (Å²) in [6, 6.07) is 5.44. The van der Waals surface area contributed by atoms with Crippen LogP contribution >= 0.6 is 0 Å². The van der Waals surface area contributed by atoms with E-state index < -0.39 is 11.6 Å². The number of halogens is 2. The average Bonchev–Trinajstić information content (AvgIpc) is 3.02. The second-order valence-corrected chi connectivity index (χ2v) is 6.46. The summed E-state index contributed by atoms with van der Waals surface area (Å²) in [6.45, 7) is 4.01. The van der Waals surface area contributed by atoms with E-state index in [0.29, 0.717) is 0 Å². The maximum Gasteiger partial charge on any atom is 0.151 e. The van der Waals surface area contributed by atoms with Gasteiger partial charge in [-0.3, -0.25) is 4.90 Å². The Bertz CT molecular complexity index is 663. The fraction of sp³-hybridized carbons (Fsp3) is 0.500. The van der Waals surface area contributed by atoms with Crippen LogP contribution in [0, 0.1) is 17.6 Å². The topological polar surface area (TPSA) is 33.1 Å². The minimum absolute atomic E-state index is 0.272. The molecule has 24 heavy (non-hydrogen) atoms. The molecule has 0 atom stereocenters. The van der Waals surface area contributed by atoms with Gasteiger partial charge in [-0.15, -0.1) is 0 Å². The lowest BCUT2D eigenvalue weighted by Gasteiger charge is -2.31. The SMILES string of the molecule is CNCCC1CCN(Cc2ccn(-c3ccc(F)cc3F)n2)CC1. The van der Waals surface area contributed by atoms with Crippen LogP contribution in [-0.4, -0.2) is 41.4 Å². The van der Waals surface area contributed by atoms with E-state index in [1.54, 1.807) is 6.20 Å². The first-order valence-electron chi connectivity index (χ1n) is 8.52. The van der Waals surface area contributed by atoms with Crippen molar-refractivity contribution in [2.24, 2.45) is 5.92 Å². The first-order chi connectivity index (χ1) is 11.7. The summed E-state index contributed by atoms with van der Waals surface area (Å²) in [6.07, 6.45) is 5.40. The molecule has 1 fully saturated rings. The van der Waals surface area contributed by atoms with Gasteiger partial charge in [-0.1, -0.05) is 0 Å². The number of rotatable bonds is 6. The minimum atomic E-state index is -0.602. The van der Waals surface area contributed by atoms with Crippen molar-refractivity contribution >= 4 is 0 Å². The van der Waals surface area contributed by atoms with E-state index in [1.165, 1.54) is 36.1 Å². The van der Waals surface area contributed by atoms with E-state index in [9.17, 15) is 8.78 Å². The number of hydrogen-bond acceptors (Lipinski definition) is 3. The number of hydrogen-bond donors (Lipinski definition) is 1. The Morgan fingerprint density at radius 2 is 2.00 bits per heavy atom. The zero-order chi connectivity index (χ0) is 16.9. The maximum atomic E-state index is 13.8. The van der Waals surface area contributed by atoms with Crippen LogP contribution in [0.1, 0.15) is 25.0 Å². The fourth-order valence-electron chi connectivity index (χ4n) is 3.26. The summed E-state index contributed by atoms with van der Waals surface area (Å²) in [4.78, 5) is 2.39. The Balaban J connectivity index is 1.57. The molecule has 1 aromatic heterocycles. The molecular weight excluding hydrogens is 310 g/mol. The summed E-state index contributed by atoms with van der Waals surface area (Å²) in [5.74, 6) is -0.376. The molecule has 2 heterocycles. The van der Waals surface area contributed by atoms with Gasteiger partial charge in [0.05, 0.1) is 5.69 Å². The lowest BCUT2D eigenvalue weighted by molar-refractivity contribution is 0.170. The molecule has 1 aliphatic heterocycles. The van der Waals surface area contributed by atoms with Crippen LogP contribution in [0.25, 0.3) is 5.69 Å². The van der Waals surface area contributed by atoms with Gasteiger partial charge in [-0.05, 0) is 70.1 Å². The predicted octanol–water partition coefficient (Wildman–Crippen LogP) is 2.97. The van der Waals surface area contributed by atoms with Gasteiger partial charge in [0.25, 0.3) is 0 Å². The van der Waals surface area contributed by atoms with Crippen LogP contribution in [-0.2, 0) is 6.54 Å². The van der Waals surface area contributed by atoms with E-state index in [0.717, 1.165) is 43.9 Å². The fourth-order valence-corrected chi connectivity index (χ4v) is 3.26. The highest BCUT2D eigenvalue weighted by Gasteiger charge is 2.19. The summed E-state index contributed by atoms with van der Waals surface area (Å²) in [5, 5.41) is 7.65. The zero-order valence-electron chi connectivity index (χ0n) is 14.0. The highest BCUT2D eigenvalue weighted by molar-refractivity contribution is 5.33. The smallest absolute Gasteiger partial charge is 0.151 e. The third-order valence-electron chi connectivity index (χ3n) is 4.70. The number of nitrogens with zero attached hydrogens (tertiary/aromatic N) is 3. The van der Waals surface area contributed by atoms with Gasteiger partial charge in [0, 0.05) is 18.8 Å². The number of nitrogens with one attached hydrogen (secondary N) is 1. The molecule has 0 radical (unpaired) electrons. The first-order valence-corrected chi connectivity index (χ1v) is 8.52. The highest BCUT2D eigenvalue weighted by Crippen LogP contribution is 2.21. The van der Waals surface area contributed by atoms with Gasteiger partial charge < -0.3 is 5.32 Å². The van der Waals surface area contributed by atoms with Crippen LogP contribution < -0.4 is 5.32 Å². The molecule has 3 rings (SSSR count). The lowest BCUT2D eigenvalue weighted by atomic mass is 9.93. The van der Waals surface area contributed by atoms with E-state index in [1.807, 2.05) is 13.1 Å². The number of aromatic nitrogens is 2. The van der Waals surface area contributed by atoms with Crippen molar-refractivity contribution in [3.8, 4) is 5.69 Å². The zero-order valence-corrected chi connectivity index (χ0v) is 14.0. The van der Waals surface area contributed by atoms with Crippen molar-refractivity contribution in [2.75, 3.05) is 26.7 Å². The molecule has 6 heteroatoms. The second kappa shape index (κ2) is 7.85. The lowest BCUT2D eigenvalue weighted by Crippen LogP contribution is -2.34. The molecule has 0 aliphatic carbocycles. The summed E-state index contributed by atoms with van der Waals surface area (Å²) >= 11 is 0. The summed E-state index contributed by atoms with van der Waals surface area (Å²) < 4.78 is 28.3. The van der Waals surface area contributed by atoms with Crippen molar-refractivity contribution in [3.63, 3.8) is 0 Å². The van der Waals surface area contributed by atoms with Crippen molar-refractivity contribution in [1.82, 2.24) is 20.0 Å². The molecule has 1 aliphatic rings. The molecule has 0 saturated carbocycles. The molecule has 0 unspecified atom stereocenters.